The van der Waals surface area contributed by atoms with Gasteiger partial charge in [0, 0.05) is 5.57 Å². The Kier molecular flexibility index (Phi) is 6.33. The van der Waals surface area contributed by atoms with E-state index in [0.29, 0.717) is 17.3 Å². The van der Waals surface area contributed by atoms with Crippen molar-refractivity contribution in [3.05, 3.63) is 40.9 Å². The van der Waals surface area contributed by atoms with Crippen molar-refractivity contribution >= 4 is 45.0 Å². The Morgan fingerprint density at radius 2 is 2.25 bits per heavy atom. The van der Waals surface area contributed by atoms with Gasteiger partial charge in [-0.1, -0.05) is 18.7 Å². The van der Waals surface area contributed by atoms with Gasteiger partial charge in [-0.25, -0.2) is 0 Å². The molecule has 1 aromatic rings. The summed E-state index contributed by atoms with van der Waals surface area (Å²) < 4.78 is 5.80. The Morgan fingerprint density at radius 3 is 2.80 bits per heavy atom. The first-order valence-corrected chi connectivity index (χ1v) is 6.83. The fraction of sp³-hybridized carbons (Fsp3) is 0.154. The molecule has 0 aliphatic rings. The zero-order chi connectivity index (χ0) is 15.1. The molecule has 0 unspecified atom stereocenters. The first-order chi connectivity index (χ1) is 9.51. The number of anilines is 1. The molecule has 7 heteroatoms. The van der Waals surface area contributed by atoms with Crippen LogP contribution >= 0.6 is 28.1 Å². The predicted molar refractivity (Wildman–Crippen MR) is 86.8 cm³/mol. The molecule has 0 fully saturated rings. The monoisotopic (exact) mass is 355 g/mol. The van der Waals surface area contributed by atoms with Gasteiger partial charge in [0.2, 0.25) is 5.88 Å². The number of nitrogens with one attached hydrogen (secondary N) is 2. The number of carbonyl (C=O) groups excluding carboxylic acids is 1. The number of nitrogens with zero attached hydrogens (tertiary/aromatic N) is 1. The summed E-state index contributed by atoms with van der Waals surface area (Å²) in [6.45, 7) is 5.29. The summed E-state index contributed by atoms with van der Waals surface area (Å²) in [5.41, 5.74) is 0.440. The van der Waals surface area contributed by atoms with Crippen molar-refractivity contribution < 1.29 is 9.53 Å². The Morgan fingerprint density at radius 1 is 1.55 bits per heavy atom. The van der Waals surface area contributed by atoms with Crippen LogP contribution in [0, 0.1) is 0 Å². The Labute approximate surface area is 131 Å². The van der Waals surface area contributed by atoms with Gasteiger partial charge in [0.15, 0.2) is 5.11 Å². The molecule has 106 valence electrons. The third-order valence-corrected chi connectivity index (χ3v) is 3.08. The third-order valence-electron chi connectivity index (χ3n) is 2.27. The highest BCUT2D eigenvalue weighted by Crippen LogP contribution is 2.23. The fourth-order valence-corrected chi connectivity index (χ4v) is 1.88. The molecule has 20 heavy (non-hydrogen) atoms. The van der Waals surface area contributed by atoms with Gasteiger partial charge in [0.25, 0.3) is 5.91 Å². The molecule has 0 aromatic carbocycles. The second kappa shape index (κ2) is 7.76. The maximum Gasteiger partial charge on any atom is 0.257 e. The third kappa shape index (κ3) is 4.43. The molecule has 0 aliphatic carbocycles. The summed E-state index contributed by atoms with van der Waals surface area (Å²) in [5, 5.41) is 5.48. The zero-order valence-electron chi connectivity index (χ0n) is 11.1. The van der Waals surface area contributed by atoms with Crippen molar-refractivity contribution in [3.63, 3.8) is 0 Å². The average Bonchev–Trinajstić information content (AvgIpc) is 2.42. The number of hydrogen-bond acceptors (Lipinski definition) is 4. The number of hydrogen-bond donors (Lipinski definition) is 2. The molecule has 2 N–H and O–H groups in total. The number of amides is 1. The largest absolute Gasteiger partial charge is 0.480 e. The van der Waals surface area contributed by atoms with Crippen molar-refractivity contribution in [2.24, 2.45) is 0 Å². The first kappa shape index (κ1) is 16.3. The standard InChI is InChI=1S/C13H14BrN3O2S/c1-4-8(5-2)11(18)17-13(20)16-10-7-6-9(14)12(15-10)19-3/h4-7H,1H2,2-3H3,(H2,15,16,17,18,20)/b8-5+. The molecule has 0 saturated carbocycles. The van der Waals surface area contributed by atoms with Crippen LogP contribution in [0.4, 0.5) is 5.82 Å². The van der Waals surface area contributed by atoms with Gasteiger partial charge < -0.3 is 10.1 Å². The number of allylic oxidation sites excluding steroid dienone is 1. The molecular weight excluding hydrogens is 342 g/mol. The van der Waals surface area contributed by atoms with Crippen LogP contribution in [0.3, 0.4) is 0 Å². The number of ether oxygens (including phenoxy) is 1. The van der Waals surface area contributed by atoms with Gasteiger partial charge >= 0.3 is 0 Å². The lowest BCUT2D eigenvalue weighted by atomic mass is 10.2. The van der Waals surface area contributed by atoms with Crippen LogP contribution < -0.4 is 15.4 Å². The second-order valence-electron chi connectivity index (χ2n) is 3.54. The summed E-state index contributed by atoms with van der Waals surface area (Å²) in [7, 11) is 1.51. The lowest BCUT2D eigenvalue weighted by Gasteiger charge is -2.10. The van der Waals surface area contributed by atoms with E-state index < -0.39 is 0 Å². The van der Waals surface area contributed by atoms with Gasteiger partial charge in [-0.05, 0) is 47.2 Å². The minimum Gasteiger partial charge on any atom is -0.480 e. The number of thiocarbonyl (C=S) groups is 1. The molecule has 0 atom stereocenters. The van der Waals surface area contributed by atoms with E-state index in [2.05, 4.69) is 38.1 Å². The van der Waals surface area contributed by atoms with E-state index in [1.807, 2.05) is 0 Å². The number of aromatic nitrogens is 1. The maximum absolute atomic E-state index is 11.8. The van der Waals surface area contributed by atoms with E-state index in [0.717, 1.165) is 4.47 Å². The van der Waals surface area contributed by atoms with Crippen LogP contribution in [-0.4, -0.2) is 23.1 Å². The highest BCUT2D eigenvalue weighted by atomic mass is 79.9. The molecule has 0 aliphatic heterocycles. The Bertz CT molecular complexity index is 573. The SMILES string of the molecule is C=C/C(=C\C)C(=O)NC(=S)Nc1ccc(Br)c(OC)n1. The van der Waals surface area contributed by atoms with Crippen molar-refractivity contribution in [2.75, 3.05) is 12.4 Å². The highest BCUT2D eigenvalue weighted by molar-refractivity contribution is 9.10. The van der Waals surface area contributed by atoms with E-state index in [1.165, 1.54) is 13.2 Å². The van der Waals surface area contributed by atoms with Crippen LogP contribution in [0.2, 0.25) is 0 Å². The Balaban J connectivity index is 2.72. The van der Waals surface area contributed by atoms with Crippen LogP contribution in [0.25, 0.3) is 0 Å². The van der Waals surface area contributed by atoms with Crippen molar-refractivity contribution in [2.45, 2.75) is 6.92 Å². The minimum absolute atomic E-state index is 0.146. The van der Waals surface area contributed by atoms with Gasteiger partial charge in [0.1, 0.15) is 5.82 Å². The maximum atomic E-state index is 11.8. The van der Waals surface area contributed by atoms with Crippen molar-refractivity contribution in [1.29, 1.82) is 0 Å². The van der Waals surface area contributed by atoms with Gasteiger partial charge in [-0.15, -0.1) is 0 Å². The molecule has 0 bridgehead atoms. The summed E-state index contributed by atoms with van der Waals surface area (Å²) in [6, 6.07) is 3.47. The number of rotatable bonds is 4. The highest BCUT2D eigenvalue weighted by Gasteiger charge is 2.09. The molecule has 5 nitrogen and oxygen atoms in total. The average molecular weight is 356 g/mol. The molecule has 1 amide bonds. The number of methoxy groups -OCH3 is 1. The molecule has 1 heterocycles. The summed E-state index contributed by atoms with van der Waals surface area (Å²) >= 11 is 8.34. The topological polar surface area (TPSA) is 63.2 Å². The lowest BCUT2D eigenvalue weighted by Crippen LogP contribution is -2.34. The van der Waals surface area contributed by atoms with E-state index in [1.54, 1.807) is 25.1 Å². The number of pyridine rings is 1. The van der Waals surface area contributed by atoms with Gasteiger partial charge in [-0.3, -0.25) is 10.1 Å². The van der Waals surface area contributed by atoms with Crippen LogP contribution in [0.5, 0.6) is 5.88 Å². The Hall–Kier alpha value is -1.73. The fourth-order valence-electron chi connectivity index (χ4n) is 1.30. The smallest absolute Gasteiger partial charge is 0.257 e. The summed E-state index contributed by atoms with van der Waals surface area (Å²) in [6.07, 6.45) is 3.10. The second-order valence-corrected chi connectivity index (χ2v) is 4.81. The number of carbonyl (C=O) groups is 1. The minimum atomic E-state index is -0.330. The van der Waals surface area contributed by atoms with E-state index in [-0.39, 0.29) is 11.0 Å². The van der Waals surface area contributed by atoms with Crippen molar-refractivity contribution in [3.8, 4) is 5.88 Å². The van der Waals surface area contributed by atoms with E-state index in [9.17, 15) is 4.79 Å². The summed E-state index contributed by atoms with van der Waals surface area (Å²) in [4.78, 5) is 15.9. The van der Waals surface area contributed by atoms with Crippen LogP contribution in [-0.2, 0) is 4.79 Å². The molecule has 0 spiro atoms. The van der Waals surface area contributed by atoms with E-state index >= 15 is 0 Å². The van der Waals surface area contributed by atoms with Crippen molar-refractivity contribution in [1.82, 2.24) is 10.3 Å². The van der Waals surface area contributed by atoms with E-state index in [4.69, 9.17) is 17.0 Å². The quantitative estimate of drug-likeness (QED) is 0.494. The molecule has 1 aromatic heterocycles. The molecule has 0 saturated heterocycles. The lowest BCUT2D eigenvalue weighted by molar-refractivity contribution is -0.115. The van der Waals surface area contributed by atoms with Crippen LogP contribution in [0.1, 0.15) is 6.92 Å². The molecule has 0 radical (unpaired) electrons. The van der Waals surface area contributed by atoms with Gasteiger partial charge in [-0.2, -0.15) is 4.98 Å². The van der Waals surface area contributed by atoms with Gasteiger partial charge in [0.05, 0.1) is 11.6 Å². The zero-order valence-corrected chi connectivity index (χ0v) is 13.5. The first-order valence-electron chi connectivity index (χ1n) is 5.63. The normalized spacial score (nSPS) is 10.7. The number of halogens is 1. The van der Waals surface area contributed by atoms with Crippen LogP contribution in [0.15, 0.2) is 40.9 Å². The molecule has 1 rings (SSSR count). The molecular formula is C13H14BrN3O2S. The predicted octanol–water partition coefficient (Wildman–Crippen LogP) is 2.80. The summed E-state index contributed by atoms with van der Waals surface area (Å²) in [5.74, 6) is 0.560.